The van der Waals surface area contributed by atoms with E-state index in [1.165, 1.54) is 0 Å². The van der Waals surface area contributed by atoms with Crippen molar-refractivity contribution in [2.45, 2.75) is 0 Å². The largest absolute Gasteiger partial charge is 0.256 e. The van der Waals surface area contributed by atoms with Crippen molar-refractivity contribution in [3.8, 4) is 0 Å². The third kappa shape index (κ3) is 3.84. The van der Waals surface area contributed by atoms with E-state index >= 15 is 0 Å². The molecule has 0 fully saturated rings. The van der Waals surface area contributed by atoms with Gasteiger partial charge in [-0.25, -0.2) is 0 Å². The van der Waals surface area contributed by atoms with E-state index in [0.29, 0.717) is 0 Å². The SMILES string of the molecule is CN(N)NN. The molecule has 5 N–H and O–H groups in total. The van der Waals surface area contributed by atoms with Crippen LogP contribution in [0.4, 0.5) is 0 Å². The predicted molar refractivity (Wildman–Crippen MR) is 19.3 cm³/mol. The highest BCUT2D eigenvalue weighted by Crippen LogP contribution is 1.36. The van der Waals surface area contributed by atoms with Gasteiger partial charge in [-0.05, 0) is 0 Å². The van der Waals surface area contributed by atoms with Crippen LogP contribution in [0.3, 0.4) is 0 Å². The highest BCUT2D eigenvalue weighted by molar-refractivity contribution is 4.01. The maximum Gasteiger partial charge on any atom is 0.0185 e. The molecule has 0 aromatic carbocycles. The van der Waals surface area contributed by atoms with Gasteiger partial charge < -0.3 is 0 Å². The van der Waals surface area contributed by atoms with Crippen LogP contribution >= 0.6 is 0 Å². The van der Waals surface area contributed by atoms with E-state index in [0.717, 1.165) is 5.12 Å². The van der Waals surface area contributed by atoms with Crippen LogP contribution in [-0.2, 0) is 0 Å². The Morgan fingerprint density at radius 2 is 2.00 bits per heavy atom. The molecule has 0 bridgehead atoms. The van der Waals surface area contributed by atoms with Crippen molar-refractivity contribution in [2.24, 2.45) is 11.7 Å². The molecule has 0 aromatic rings. The molecule has 0 rings (SSSR count). The Morgan fingerprint density at radius 1 is 1.80 bits per heavy atom. The van der Waals surface area contributed by atoms with Crippen LogP contribution in [0.15, 0.2) is 0 Å². The molecule has 4 heteroatoms. The lowest BCUT2D eigenvalue weighted by atomic mass is 11.4. The Balaban J connectivity index is 2.54. The number of nitrogens with one attached hydrogen (secondary N) is 1. The zero-order chi connectivity index (χ0) is 4.28. The molecule has 0 saturated carbocycles. The van der Waals surface area contributed by atoms with Gasteiger partial charge >= 0.3 is 0 Å². The monoisotopic (exact) mass is 76.1 g/mol. The van der Waals surface area contributed by atoms with Crippen molar-refractivity contribution in [1.82, 2.24) is 10.7 Å². The van der Waals surface area contributed by atoms with Gasteiger partial charge in [-0.15, -0.1) is 0 Å². The maximum absolute atomic E-state index is 4.89. The zero-order valence-corrected chi connectivity index (χ0v) is 3.10. The average Bonchev–Trinajstić information content (AvgIpc) is 1.38. The first-order valence-corrected chi connectivity index (χ1v) is 1.22. The van der Waals surface area contributed by atoms with Gasteiger partial charge in [0.1, 0.15) is 0 Å². The Morgan fingerprint density at radius 3 is 2.00 bits per heavy atom. The zero-order valence-electron chi connectivity index (χ0n) is 3.10. The summed E-state index contributed by atoms with van der Waals surface area (Å²) in [6.45, 7) is 0. The van der Waals surface area contributed by atoms with Crippen LogP contribution in [0.2, 0.25) is 0 Å². The first-order valence-electron chi connectivity index (χ1n) is 1.22. The van der Waals surface area contributed by atoms with Gasteiger partial charge in [0, 0.05) is 7.05 Å². The van der Waals surface area contributed by atoms with Gasteiger partial charge in [0.15, 0.2) is 0 Å². The standard InChI is InChI=1S/CH8N4/c1-5(3)4-2/h4H,2-3H2,1H3. The number of nitrogens with two attached hydrogens (primary N) is 2. The van der Waals surface area contributed by atoms with Gasteiger partial charge in [-0.1, -0.05) is 0 Å². The van der Waals surface area contributed by atoms with Gasteiger partial charge in [-0.2, -0.15) is 10.7 Å². The summed E-state index contributed by atoms with van der Waals surface area (Å²) in [6, 6.07) is 0. The normalized spacial score (nSPS) is 9.60. The van der Waals surface area contributed by atoms with Gasteiger partial charge in [0.25, 0.3) is 0 Å². The summed E-state index contributed by atoms with van der Waals surface area (Å²) in [7, 11) is 1.60. The van der Waals surface area contributed by atoms with Crippen LogP contribution in [0.5, 0.6) is 0 Å². The number of hydrazine groups is 3. The van der Waals surface area contributed by atoms with Crippen LogP contribution in [0.25, 0.3) is 0 Å². The lowest BCUT2D eigenvalue weighted by Gasteiger charge is -2.02. The molecule has 5 heavy (non-hydrogen) atoms. The summed E-state index contributed by atoms with van der Waals surface area (Å²) in [6.07, 6.45) is 0. The van der Waals surface area contributed by atoms with E-state index in [-0.39, 0.29) is 0 Å². The summed E-state index contributed by atoms with van der Waals surface area (Å²) < 4.78 is 0. The van der Waals surface area contributed by atoms with Crippen LogP contribution < -0.4 is 17.2 Å². The number of nitrogens with zero attached hydrogens (tertiary/aromatic N) is 1. The van der Waals surface area contributed by atoms with Gasteiger partial charge in [0.2, 0.25) is 0 Å². The molecule has 0 atom stereocenters. The minimum atomic E-state index is 1.15. The highest BCUT2D eigenvalue weighted by atomic mass is 15.7. The third-order valence-corrected chi connectivity index (χ3v) is 0.204. The van der Waals surface area contributed by atoms with Crippen molar-refractivity contribution in [1.29, 1.82) is 0 Å². The summed E-state index contributed by atoms with van der Waals surface area (Å²) in [5, 5.41) is 1.15. The van der Waals surface area contributed by atoms with Gasteiger partial charge in [-0.3, -0.25) is 11.7 Å². The second-order valence-corrected chi connectivity index (χ2v) is 0.740. The summed E-state index contributed by atoms with van der Waals surface area (Å²) in [5.41, 5.74) is 2.14. The fraction of sp³-hybridized carbons (Fsp3) is 1.00. The van der Waals surface area contributed by atoms with E-state index in [4.69, 9.17) is 11.7 Å². The number of hydrogen-bond donors (Lipinski definition) is 3. The van der Waals surface area contributed by atoms with Crippen molar-refractivity contribution in [2.75, 3.05) is 7.05 Å². The minimum absolute atomic E-state index is 1.15. The molecule has 0 saturated heterocycles. The Bertz CT molecular complexity index is 17.6. The van der Waals surface area contributed by atoms with Crippen molar-refractivity contribution in [3.63, 3.8) is 0 Å². The molecule has 0 heterocycles. The molecule has 4 nitrogen and oxygen atoms in total. The quantitative estimate of drug-likeness (QED) is 0.254. The van der Waals surface area contributed by atoms with E-state index in [2.05, 4.69) is 5.53 Å². The molecule has 0 spiro atoms. The number of rotatable bonds is 1. The van der Waals surface area contributed by atoms with E-state index in [1.54, 1.807) is 7.05 Å². The Labute approximate surface area is 30.6 Å². The molecule has 0 aliphatic rings. The smallest absolute Gasteiger partial charge is 0.0185 e. The fourth-order valence-electron chi connectivity index (χ4n) is 0. The predicted octanol–water partition coefficient (Wildman–Crippen LogP) is -1.83. The molecule has 0 aliphatic carbocycles. The lowest BCUT2D eigenvalue weighted by Crippen LogP contribution is -2.44. The Kier molecular flexibility index (Phi) is 2.03. The van der Waals surface area contributed by atoms with E-state index in [1.807, 2.05) is 0 Å². The second-order valence-electron chi connectivity index (χ2n) is 0.740. The first kappa shape index (κ1) is 4.84. The molecular formula is CH8N4. The van der Waals surface area contributed by atoms with Crippen molar-refractivity contribution < 1.29 is 0 Å². The molecule has 0 aliphatic heterocycles. The molecule has 0 aromatic heterocycles. The highest BCUT2D eigenvalue weighted by Gasteiger charge is 1.69. The molecule has 0 unspecified atom stereocenters. The van der Waals surface area contributed by atoms with E-state index in [9.17, 15) is 0 Å². The second kappa shape index (κ2) is 2.10. The maximum atomic E-state index is 4.89. The molecular weight excluding hydrogens is 68.0 g/mol. The third-order valence-electron chi connectivity index (χ3n) is 0.204. The summed E-state index contributed by atoms with van der Waals surface area (Å²) in [4.78, 5) is 0. The minimum Gasteiger partial charge on any atom is -0.256 e. The first-order chi connectivity index (χ1) is 2.27. The molecule has 32 valence electrons. The molecule has 0 radical (unpaired) electrons. The van der Waals surface area contributed by atoms with Crippen molar-refractivity contribution >= 4 is 0 Å². The van der Waals surface area contributed by atoms with Crippen LogP contribution in [0, 0.1) is 0 Å². The van der Waals surface area contributed by atoms with Crippen LogP contribution in [0.1, 0.15) is 0 Å². The summed E-state index contributed by atoms with van der Waals surface area (Å²) >= 11 is 0. The fourth-order valence-corrected chi connectivity index (χ4v) is 0. The van der Waals surface area contributed by atoms with Crippen LogP contribution in [-0.4, -0.2) is 12.2 Å². The Hall–Kier alpha value is -0.160. The average molecular weight is 76.1 g/mol. The topological polar surface area (TPSA) is 67.3 Å². The van der Waals surface area contributed by atoms with Gasteiger partial charge in [0.05, 0.1) is 0 Å². The van der Waals surface area contributed by atoms with Crippen molar-refractivity contribution in [3.05, 3.63) is 0 Å². The lowest BCUT2D eigenvalue weighted by molar-refractivity contribution is 0.246. The van der Waals surface area contributed by atoms with E-state index < -0.39 is 0 Å². The number of hydrogen-bond acceptors (Lipinski definition) is 4. The summed E-state index contributed by atoms with van der Waals surface area (Å²) in [5.74, 6) is 9.61. The molecule has 0 amide bonds.